The number of nitrogens with zero attached hydrogens (tertiary/aromatic N) is 2. The van der Waals surface area contributed by atoms with Gasteiger partial charge < -0.3 is 15.1 Å². The average molecular weight is 312 g/mol. The first-order valence-electron chi connectivity index (χ1n) is 6.87. The summed E-state index contributed by atoms with van der Waals surface area (Å²) in [7, 11) is 4.26. The fourth-order valence-electron chi connectivity index (χ4n) is 2.89. The second-order valence-electron chi connectivity index (χ2n) is 5.52. The van der Waals surface area contributed by atoms with Crippen molar-refractivity contribution >= 4 is 30.7 Å². The summed E-state index contributed by atoms with van der Waals surface area (Å²) < 4.78 is 0. The SMILES string of the molecule is CN(C)C1CCN(C(=O)[C@H]2CCCCN2)CC1.Cl.Cl. The smallest absolute Gasteiger partial charge is 0.239 e. The molecule has 0 aromatic heterocycles. The number of carbonyl (C=O) groups excluding carboxylic acids is 1. The standard InChI is InChI=1S/C13H25N3O.2ClH/c1-15(2)11-6-9-16(10-7-11)13(17)12-5-3-4-8-14-12;;/h11-12,14H,3-10H2,1-2H3;2*1H/t12-;;/m1../s1. The topological polar surface area (TPSA) is 35.6 Å². The van der Waals surface area contributed by atoms with Crippen LogP contribution in [-0.4, -0.2) is 61.5 Å². The van der Waals surface area contributed by atoms with E-state index < -0.39 is 0 Å². The summed E-state index contributed by atoms with van der Waals surface area (Å²) in [5.74, 6) is 0.335. The van der Waals surface area contributed by atoms with Gasteiger partial charge in [0.05, 0.1) is 6.04 Å². The predicted molar refractivity (Wildman–Crippen MR) is 83.4 cm³/mol. The van der Waals surface area contributed by atoms with Gasteiger partial charge in [-0.25, -0.2) is 0 Å². The highest BCUT2D eigenvalue weighted by atomic mass is 35.5. The molecule has 2 rings (SSSR count). The Morgan fingerprint density at radius 1 is 1.11 bits per heavy atom. The van der Waals surface area contributed by atoms with Crippen LogP contribution in [0.2, 0.25) is 0 Å². The van der Waals surface area contributed by atoms with Crippen LogP contribution in [0.1, 0.15) is 32.1 Å². The number of likely N-dealkylation sites (tertiary alicyclic amines) is 1. The van der Waals surface area contributed by atoms with E-state index in [1.807, 2.05) is 0 Å². The van der Waals surface area contributed by atoms with Crippen molar-refractivity contribution in [1.82, 2.24) is 15.1 Å². The number of hydrogen-bond donors (Lipinski definition) is 1. The van der Waals surface area contributed by atoms with Crippen molar-refractivity contribution in [1.29, 1.82) is 0 Å². The lowest BCUT2D eigenvalue weighted by atomic mass is 10.00. The maximum Gasteiger partial charge on any atom is 0.239 e. The van der Waals surface area contributed by atoms with Crippen LogP contribution in [0.4, 0.5) is 0 Å². The lowest BCUT2D eigenvalue weighted by Gasteiger charge is -2.37. The molecule has 1 amide bonds. The first kappa shape index (κ1) is 19.0. The van der Waals surface area contributed by atoms with Gasteiger partial charge in [-0.15, -0.1) is 24.8 Å². The third-order valence-corrected chi connectivity index (χ3v) is 4.11. The third-order valence-electron chi connectivity index (χ3n) is 4.11. The van der Waals surface area contributed by atoms with Crippen molar-refractivity contribution in [3.8, 4) is 0 Å². The van der Waals surface area contributed by atoms with Crippen LogP contribution in [-0.2, 0) is 4.79 Å². The summed E-state index contributed by atoms with van der Waals surface area (Å²) in [4.78, 5) is 16.6. The van der Waals surface area contributed by atoms with E-state index in [1.54, 1.807) is 0 Å². The van der Waals surface area contributed by atoms with E-state index in [2.05, 4.69) is 29.2 Å². The van der Waals surface area contributed by atoms with E-state index in [0.29, 0.717) is 11.9 Å². The number of carbonyl (C=O) groups is 1. The lowest BCUT2D eigenvalue weighted by Crippen LogP contribution is -2.52. The molecule has 0 spiro atoms. The Labute approximate surface area is 129 Å². The Morgan fingerprint density at radius 3 is 2.21 bits per heavy atom. The first-order chi connectivity index (χ1) is 8.18. The zero-order chi connectivity index (χ0) is 12.3. The summed E-state index contributed by atoms with van der Waals surface area (Å²) in [6.45, 7) is 2.87. The highest BCUT2D eigenvalue weighted by Crippen LogP contribution is 2.17. The highest BCUT2D eigenvalue weighted by Gasteiger charge is 2.29. The van der Waals surface area contributed by atoms with E-state index in [0.717, 1.165) is 38.9 Å². The van der Waals surface area contributed by atoms with Gasteiger partial charge in [-0.1, -0.05) is 6.42 Å². The Hall–Kier alpha value is -0.0300. The molecule has 0 bridgehead atoms. The van der Waals surface area contributed by atoms with E-state index in [4.69, 9.17) is 0 Å². The average Bonchev–Trinajstić information content (AvgIpc) is 2.39. The van der Waals surface area contributed by atoms with Crippen molar-refractivity contribution in [3.63, 3.8) is 0 Å². The Balaban J connectivity index is 0.00000162. The Bertz CT molecular complexity index is 263. The summed E-state index contributed by atoms with van der Waals surface area (Å²) in [6.07, 6.45) is 5.66. The minimum atomic E-state index is 0. The molecule has 2 aliphatic rings. The summed E-state index contributed by atoms with van der Waals surface area (Å²) >= 11 is 0. The highest BCUT2D eigenvalue weighted by molar-refractivity contribution is 5.85. The molecular formula is C13H27Cl2N3O. The molecule has 0 aromatic carbocycles. The fraction of sp³-hybridized carbons (Fsp3) is 0.923. The number of piperidine rings is 2. The van der Waals surface area contributed by atoms with E-state index >= 15 is 0 Å². The van der Waals surface area contributed by atoms with Gasteiger partial charge in [-0.05, 0) is 46.3 Å². The summed E-state index contributed by atoms with van der Waals surface area (Å²) in [6, 6.07) is 0.748. The van der Waals surface area contributed by atoms with Gasteiger partial charge in [0.1, 0.15) is 0 Å². The van der Waals surface area contributed by atoms with Crippen molar-refractivity contribution < 1.29 is 4.79 Å². The van der Waals surface area contributed by atoms with Crippen molar-refractivity contribution in [2.24, 2.45) is 0 Å². The van der Waals surface area contributed by atoms with E-state index in [1.165, 1.54) is 12.8 Å². The molecule has 4 nitrogen and oxygen atoms in total. The lowest BCUT2D eigenvalue weighted by molar-refractivity contribution is -0.135. The van der Waals surface area contributed by atoms with Gasteiger partial charge in [0, 0.05) is 19.1 Å². The molecule has 6 heteroatoms. The van der Waals surface area contributed by atoms with Crippen LogP contribution in [0.5, 0.6) is 0 Å². The molecule has 19 heavy (non-hydrogen) atoms. The van der Waals surface area contributed by atoms with Crippen LogP contribution >= 0.6 is 24.8 Å². The second-order valence-corrected chi connectivity index (χ2v) is 5.52. The molecule has 114 valence electrons. The van der Waals surface area contributed by atoms with Crippen LogP contribution in [0.3, 0.4) is 0 Å². The second kappa shape index (κ2) is 9.01. The van der Waals surface area contributed by atoms with Gasteiger partial charge in [0.15, 0.2) is 0 Å². The van der Waals surface area contributed by atoms with Crippen LogP contribution in [0, 0.1) is 0 Å². The van der Waals surface area contributed by atoms with Gasteiger partial charge in [0.25, 0.3) is 0 Å². The zero-order valence-electron chi connectivity index (χ0n) is 11.9. The van der Waals surface area contributed by atoms with Crippen molar-refractivity contribution in [2.45, 2.75) is 44.2 Å². The van der Waals surface area contributed by atoms with Crippen molar-refractivity contribution in [3.05, 3.63) is 0 Å². The Kier molecular flexibility index (Phi) is 8.99. The largest absolute Gasteiger partial charge is 0.341 e. The summed E-state index contributed by atoms with van der Waals surface area (Å²) in [5, 5.41) is 3.35. The molecule has 2 heterocycles. The number of amides is 1. The molecule has 2 fully saturated rings. The molecule has 2 aliphatic heterocycles. The van der Waals surface area contributed by atoms with Crippen LogP contribution < -0.4 is 5.32 Å². The van der Waals surface area contributed by atoms with E-state index in [-0.39, 0.29) is 30.9 Å². The monoisotopic (exact) mass is 311 g/mol. The molecule has 1 atom stereocenters. The molecular weight excluding hydrogens is 285 g/mol. The third kappa shape index (κ3) is 5.10. The molecule has 0 aromatic rings. The molecule has 0 aliphatic carbocycles. The van der Waals surface area contributed by atoms with Crippen LogP contribution in [0.15, 0.2) is 0 Å². The maximum atomic E-state index is 12.3. The number of nitrogens with one attached hydrogen (secondary N) is 1. The molecule has 1 N–H and O–H groups in total. The summed E-state index contributed by atoms with van der Waals surface area (Å²) in [5.41, 5.74) is 0. The molecule has 2 saturated heterocycles. The predicted octanol–water partition coefficient (Wildman–Crippen LogP) is 1.52. The molecule has 0 radical (unpaired) electrons. The van der Waals surface area contributed by atoms with Gasteiger partial charge in [-0.3, -0.25) is 4.79 Å². The van der Waals surface area contributed by atoms with Gasteiger partial charge in [-0.2, -0.15) is 0 Å². The van der Waals surface area contributed by atoms with Crippen LogP contribution in [0.25, 0.3) is 0 Å². The Morgan fingerprint density at radius 2 is 1.74 bits per heavy atom. The maximum absolute atomic E-state index is 12.3. The minimum absolute atomic E-state index is 0. The molecule has 0 saturated carbocycles. The van der Waals surface area contributed by atoms with Gasteiger partial charge in [0.2, 0.25) is 5.91 Å². The molecule has 0 unspecified atom stereocenters. The van der Waals surface area contributed by atoms with Gasteiger partial charge >= 0.3 is 0 Å². The first-order valence-corrected chi connectivity index (χ1v) is 6.87. The minimum Gasteiger partial charge on any atom is -0.341 e. The normalized spacial score (nSPS) is 24.6. The fourth-order valence-corrected chi connectivity index (χ4v) is 2.89. The zero-order valence-corrected chi connectivity index (χ0v) is 13.6. The number of hydrogen-bond acceptors (Lipinski definition) is 3. The quantitative estimate of drug-likeness (QED) is 0.840. The number of halogens is 2. The number of rotatable bonds is 2. The van der Waals surface area contributed by atoms with Crippen molar-refractivity contribution in [2.75, 3.05) is 33.7 Å². The van der Waals surface area contributed by atoms with E-state index in [9.17, 15) is 4.79 Å².